The van der Waals surface area contributed by atoms with Crippen molar-refractivity contribution >= 4 is 5.97 Å². The number of hydrogen-bond donors (Lipinski definition) is 1. The van der Waals surface area contributed by atoms with Crippen LogP contribution in [0.4, 0.5) is 0 Å². The van der Waals surface area contributed by atoms with Crippen LogP contribution in [0.2, 0.25) is 0 Å². The average molecular weight is 325 g/mol. The number of benzene rings is 1. The third-order valence-electron chi connectivity index (χ3n) is 3.37. The van der Waals surface area contributed by atoms with Crippen LogP contribution in [0, 0.1) is 13.8 Å². The average Bonchev–Trinajstić information content (AvgIpc) is 2.99. The molecule has 1 atom stereocenters. The summed E-state index contributed by atoms with van der Waals surface area (Å²) in [6, 6.07) is 12.1. The van der Waals surface area contributed by atoms with Crippen molar-refractivity contribution in [2.75, 3.05) is 0 Å². The van der Waals surface area contributed by atoms with Gasteiger partial charge in [0.05, 0.1) is 0 Å². The molecule has 7 heteroatoms. The molecule has 24 heavy (non-hydrogen) atoms. The van der Waals surface area contributed by atoms with Gasteiger partial charge in [-0.3, -0.25) is 4.79 Å². The lowest BCUT2D eigenvalue weighted by molar-refractivity contribution is 0.0312. The summed E-state index contributed by atoms with van der Waals surface area (Å²) in [6.07, 6.45) is -0.888. The van der Waals surface area contributed by atoms with Gasteiger partial charge in [0.15, 0.2) is 5.82 Å². The second-order valence-electron chi connectivity index (χ2n) is 5.26. The second-order valence-corrected chi connectivity index (χ2v) is 5.26. The quantitative estimate of drug-likeness (QED) is 0.739. The van der Waals surface area contributed by atoms with E-state index in [1.54, 1.807) is 44.2 Å². The number of esters is 1. The van der Waals surface area contributed by atoms with Gasteiger partial charge in [0, 0.05) is 11.3 Å². The van der Waals surface area contributed by atoms with Crippen LogP contribution < -0.4 is 5.56 Å². The van der Waals surface area contributed by atoms with Crippen LogP contribution in [-0.4, -0.2) is 21.1 Å². The van der Waals surface area contributed by atoms with Gasteiger partial charge in [-0.25, -0.2) is 4.79 Å². The van der Waals surface area contributed by atoms with E-state index in [2.05, 4.69) is 15.1 Å². The predicted octanol–water partition coefficient (Wildman–Crippen LogP) is 2.32. The van der Waals surface area contributed by atoms with E-state index in [9.17, 15) is 9.59 Å². The van der Waals surface area contributed by atoms with Crippen LogP contribution in [0.3, 0.4) is 0 Å². The minimum atomic E-state index is -0.888. The van der Waals surface area contributed by atoms with Gasteiger partial charge >= 0.3 is 5.97 Å². The molecule has 0 fully saturated rings. The van der Waals surface area contributed by atoms with E-state index in [1.165, 1.54) is 6.07 Å². The Labute approximate surface area is 137 Å². The first-order chi connectivity index (χ1) is 11.5. The Morgan fingerprint density at radius 3 is 2.54 bits per heavy atom. The first-order valence-electron chi connectivity index (χ1n) is 7.30. The highest BCUT2D eigenvalue weighted by Crippen LogP contribution is 2.25. The van der Waals surface area contributed by atoms with Gasteiger partial charge in [-0.2, -0.15) is 4.98 Å². The van der Waals surface area contributed by atoms with Crippen molar-refractivity contribution in [1.82, 2.24) is 15.1 Å². The number of pyridine rings is 1. The van der Waals surface area contributed by atoms with Gasteiger partial charge in [-0.05, 0) is 26.0 Å². The molecule has 0 unspecified atom stereocenters. The number of rotatable bonds is 4. The summed E-state index contributed by atoms with van der Waals surface area (Å²) in [6.45, 7) is 3.39. The molecule has 3 aromatic rings. The van der Waals surface area contributed by atoms with Gasteiger partial charge in [-0.15, -0.1) is 0 Å². The lowest BCUT2D eigenvalue weighted by Gasteiger charge is -2.14. The number of H-pyrrole nitrogens is 1. The normalized spacial score (nSPS) is 11.9. The fourth-order valence-corrected chi connectivity index (χ4v) is 2.21. The molecular formula is C17H15N3O4. The summed E-state index contributed by atoms with van der Waals surface area (Å²) in [4.78, 5) is 31.0. The number of ether oxygens (including phenoxy) is 1. The maximum absolute atomic E-state index is 12.4. The van der Waals surface area contributed by atoms with Gasteiger partial charge in [0.2, 0.25) is 6.10 Å². The van der Waals surface area contributed by atoms with Crippen LogP contribution in [0.1, 0.15) is 39.4 Å². The van der Waals surface area contributed by atoms with Crippen LogP contribution in [0.25, 0.3) is 0 Å². The Balaban J connectivity index is 1.95. The van der Waals surface area contributed by atoms with Gasteiger partial charge in [0.25, 0.3) is 11.4 Å². The molecule has 2 aromatic heterocycles. The zero-order chi connectivity index (χ0) is 17.1. The topological polar surface area (TPSA) is 98.1 Å². The molecule has 0 aliphatic carbocycles. The number of hydrogen-bond acceptors (Lipinski definition) is 6. The molecule has 0 saturated carbocycles. The van der Waals surface area contributed by atoms with Gasteiger partial charge in [-0.1, -0.05) is 35.5 Å². The highest BCUT2D eigenvalue weighted by atomic mass is 16.6. The fraction of sp³-hybridized carbons (Fsp3) is 0.176. The third-order valence-corrected chi connectivity index (χ3v) is 3.37. The Morgan fingerprint density at radius 1 is 1.17 bits per heavy atom. The summed E-state index contributed by atoms with van der Waals surface area (Å²) in [5.41, 5.74) is 0.730. The number of nitrogens with one attached hydrogen (secondary N) is 1. The largest absolute Gasteiger partial charge is 0.444 e. The van der Waals surface area contributed by atoms with Crippen molar-refractivity contribution < 1.29 is 14.1 Å². The van der Waals surface area contributed by atoms with E-state index >= 15 is 0 Å². The Morgan fingerprint density at radius 2 is 1.92 bits per heavy atom. The van der Waals surface area contributed by atoms with Crippen molar-refractivity contribution in [1.29, 1.82) is 0 Å². The SMILES string of the molecule is Cc1noc([C@@H](OC(=O)c2ccc(C)[nH]c2=O)c2ccccc2)n1. The summed E-state index contributed by atoms with van der Waals surface area (Å²) < 4.78 is 10.6. The smallest absolute Gasteiger partial charge is 0.344 e. The lowest BCUT2D eigenvalue weighted by atomic mass is 10.1. The molecule has 0 amide bonds. The Hall–Kier alpha value is -3.22. The van der Waals surface area contributed by atoms with Crippen LogP contribution in [-0.2, 0) is 4.74 Å². The lowest BCUT2D eigenvalue weighted by Crippen LogP contribution is -2.22. The monoisotopic (exact) mass is 325 g/mol. The maximum Gasteiger partial charge on any atom is 0.344 e. The van der Waals surface area contributed by atoms with E-state index < -0.39 is 17.6 Å². The molecule has 1 N–H and O–H groups in total. The zero-order valence-corrected chi connectivity index (χ0v) is 13.1. The molecule has 2 heterocycles. The molecular weight excluding hydrogens is 310 g/mol. The van der Waals surface area contributed by atoms with Gasteiger partial charge < -0.3 is 14.2 Å². The highest BCUT2D eigenvalue weighted by Gasteiger charge is 2.26. The van der Waals surface area contributed by atoms with Crippen LogP contribution >= 0.6 is 0 Å². The Bertz CT molecular complexity index is 915. The molecule has 3 rings (SSSR count). The van der Waals surface area contributed by atoms with E-state index in [-0.39, 0.29) is 11.5 Å². The van der Waals surface area contributed by atoms with E-state index in [0.29, 0.717) is 17.1 Å². The number of nitrogens with zero attached hydrogens (tertiary/aromatic N) is 2. The molecule has 122 valence electrons. The molecule has 0 saturated heterocycles. The number of aromatic nitrogens is 3. The third kappa shape index (κ3) is 3.24. The Kier molecular flexibility index (Phi) is 4.24. The fourth-order valence-electron chi connectivity index (χ4n) is 2.21. The minimum Gasteiger partial charge on any atom is -0.444 e. The van der Waals surface area contributed by atoms with E-state index in [0.717, 1.165) is 0 Å². The standard InChI is InChI=1S/C17H15N3O4/c1-10-8-9-13(15(21)18-10)17(22)23-14(12-6-4-3-5-7-12)16-19-11(2)20-24-16/h3-9,14H,1-2H3,(H,18,21)/t14-/m0/s1. The second kappa shape index (κ2) is 6.49. The molecule has 0 spiro atoms. The molecule has 0 radical (unpaired) electrons. The molecule has 0 aliphatic heterocycles. The van der Waals surface area contributed by atoms with Crippen molar-refractivity contribution in [3.63, 3.8) is 0 Å². The van der Waals surface area contributed by atoms with Crippen LogP contribution in [0.15, 0.2) is 51.8 Å². The van der Waals surface area contributed by atoms with Crippen molar-refractivity contribution in [2.45, 2.75) is 20.0 Å². The van der Waals surface area contributed by atoms with E-state index in [4.69, 9.17) is 9.26 Å². The van der Waals surface area contributed by atoms with Crippen molar-refractivity contribution in [3.8, 4) is 0 Å². The summed E-state index contributed by atoms with van der Waals surface area (Å²) in [5, 5.41) is 3.73. The number of carbonyl (C=O) groups is 1. The van der Waals surface area contributed by atoms with Gasteiger partial charge in [0.1, 0.15) is 5.56 Å². The molecule has 7 nitrogen and oxygen atoms in total. The molecule has 0 aliphatic rings. The summed E-state index contributed by atoms with van der Waals surface area (Å²) in [5.74, 6) is -0.188. The summed E-state index contributed by atoms with van der Waals surface area (Å²) >= 11 is 0. The van der Waals surface area contributed by atoms with Crippen molar-refractivity contribution in [2.24, 2.45) is 0 Å². The first kappa shape index (κ1) is 15.7. The number of aromatic amines is 1. The number of aryl methyl sites for hydroxylation is 2. The summed E-state index contributed by atoms with van der Waals surface area (Å²) in [7, 11) is 0. The maximum atomic E-state index is 12.4. The minimum absolute atomic E-state index is 0.0854. The highest BCUT2D eigenvalue weighted by molar-refractivity contribution is 5.89. The van der Waals surface area contributed by atoms with Crippen molar-refractivity contribution in [3.05, 3.63) is 81.4 Å². The zero-order valence-electron chi connectivity index (χ0n) is 13.1. The predicted molar refractivity (Wildman–Crippen MR) is 84.5 cm³/mol. The molecule has 1 aromatic carbocycles. The van der Waals surface area contributed by atoms with Crippen LogP contribution in [0.5, 0.6) is 0 Å². The van der Waals surface area contributed by atoms with E-state index in [1.807, 2.05) is 6.07 Å². The first-order valence-corrected chi connectivity index (χ1v) is 7.30. The number of carbonyl (C=O) groups excluding carboxylic acids is 1. The molecule has 0 bridgehead atoms.